The van der Waals surface area contributed by atoms with Gasteiger partial charge in [-0.15, -0.1) is 0 Å². The summed E-state index contributed by atoms with van der Waals surface area (Å²) >= 11 is 0. The fraction of sp³-hybridized carbons (Fsp3) is 0.421. The van der Waals surface area contributed by atoms with Crippen molar-refractivity contribution in [3.8, 4) is 0 Å². The van der Waals surface area contributed by atoms with E-state index in [-0.39, 0.29) is 29.6 Å². The Kier molecular flexibility index (Phi) is 2.78. The Bertz CT molecular complexity index is 828. The van der Waals surface area contributed by atoms with Crippen LogP contribution in [-0.2, 0) is 9.59 Å². The highest BCUT2D eigenvalue weighted by Gasteiger charge is 2.64. The maximum atomic E-state index is 13.0. The molecule has 2 saturated carbocycles. The van der Waals surface area contributed by atoms with Gasteiger partial charge in [0.25, 0.3) is 0 Å². The molecule has 3 fully saturated rings. The van der Waals surface area contributed by atoms with Gasteiger partial charge < -0.3 is 4.52 Å². The van der Waals surface area contributed by atoms with E-state index in [1.165, 1.54) is 10.5 Å². The third kappa shape index (κ3) is 1.72. The molecule has 5 nitrogen and oxygen atoms in total. The van der Waals surface area contributed by atoms with Crippen molar-refractivity contribution in [3.63, 3.8) is 0 Å². The molecule has 24 heavy (non-hydrogen) atoms. The Labute approximate surface area is 139 Å². The molecule has 0 N–H and O–H groups in total. The topological polar surface area (TPSA) is 63.4 Å². The van der Waals surface area contributed by atoms with Gasteiger partial charge in [0.1, 0.15) is 5.76 Å². The molecule has 3 aliphatic rings. The minimum absolute atomic E-state index is 0.0858. The highest BCUT2D eigenvalue weighted by molar-refractivity contribution is 6.22. The number of amides is 2. The van der Waals surface area contributed by atoms with Crippen molar-refractivity contribution in [3.05, 3.63) is 47.7 Å². The SMILES string of the molecule is Cc1cc(N2C(=O)[C@@H]3[C@@H]4C[C@@H](C[C@H]4c4ccccc4)[C@@H]3C2=O)no1. The van der Waals surface area contributed by atoms with Gasteiger partial charge in [-0.2, -0.15) is 0 Å². The lowest BCUT2D eigenvalue weighted by molar-refractivity contribution is -0.123. The Morgan fingerprint density at radius 1 is 1.08 bits per heavy atom. The molecule has 2 aromatic rings. The zero-order chi connectivity index (χ0) is 16.4. The number of carbonyl (C=O) groups is 2. The summed E-state index contributed by atoms with van der Waals surface area (Å²) in [4.78, 5) is 27.1. The highest BCUT2D eigenvalue weighted by atomic mass is 16.5. The molecule has 2 aliphatic carbocycles. The monoisotopic (exact) mass is 322 g/mol. The first-order valence-corrected chi connectivity index (χ1v) is 8.51. The van der Waals surface area contributed by atoms with Crippen LogP contribution in [0.4, 0.5) is 5.82 Å². The maximum Gasteiger partial charge on any atom is 0.239 e. The molecule has 2 heterocycles. The van der Waals surface area contributed by atoms with E-state index in [2.05, 4.69) is 17.3 Å². The molecule has 5 atom stereocenters. The summed E-state index contributed by atoms with van der Waals surface area (Å²) in [6.45, 7) is 1.76. The fourth-order valence-electron chi connectivity index (χ4n) is 5.23. The molecule has 5 heteroatoms. The van der Waals surface area contributed by atoms with Gasteiger partial charge >= 0.3 is 0 Å². The second-order valence-electron chi connectivity index (χ2n) is 7.27. The smallest absolute Gasteiger partial charge is 0.239 e. The van der Waals surface area contributed by atoms with Crippen molar-refractivity contribution in [1.29, 1.82) is 0 Å². The van der Waals surface area contributed by atoms with Gasteiger partial charge in [0.15, 0.2) is 5.82 Å². The van der Waals surface area contributed by atoms with E-state index in [9.17, 15) is 9.59 Å². The quantitative estimate of drug-likeness (QED) is 0.798. The van der Waals surface area contributed by atoms with E-state index in [4.69, 9.17) is 4.52 Å². The fourth-order valence-corrected chi connectivity index (χ4v) is 5.23. The molecule has 122 valence electrons. The van der Waals surface area contributed by atoms with E-state index in [0.29, 0.717) is 23.4 Å². The third-order valence-corrected chi connectivity index (χ3v) is 6.09. The second kappa shape index (κ2) is 4.79. The van der Waals surface area contributed by atoms with Gasteiger partial charge in [0, 0.05) is 6.07 Å². The molecular formula is C19H18N2O3. The summed E-state index contributed by atoms with van der Waals surface area (Å²) in [5, 5.41) is 3.88. The van der Waals surface area contributed by atoms with Crippen LogP contribution in [0.1, 0.15) is 30.1 Å². The normalized spacial score (nSPS) is 34.2. The first-order valence-electron chi connectivity index (χ1n) is 8.51. The highest BCUT2D eigenvalue weighted by Crippen LogP contribution is 2.61. The molecule has 5 rings (SSSR count). The Hall–Kier alpha value is -2.43. The minimum Gasteiger partial charge on any atom is -0.360 e. The van der Waals surface area contributed by atoms with E-state index in [1.54, 1.807) is 13.0 Å². The minimum atomic E-state index is -0.196. The standard InChI is InChI=1S/C19H18N2O3/c1-10-7-15(20-24-10)21-18(22)16-12-8-13(11-5-3-2-4-6-11)14(9-12)17(16)19(21)23/h2-7,12-14,16-17H,8-9H2,1H3/t12-,13+,14-,16+,17-/m1/s1. The lowest BCUT2D eigenvalue weighted by Crippen LogP contribution is -2.33. The summed E-state index contributed by atoms with van der Waals surface area (Å²) in [6.07, 6.45) is 1.98. The van der Waals surface area contributed by atoms with Crippen molar-refractivity contribution >= 4 is 17.6 Å². The zero-order valence-electron chi connectivity index (χ0n) is 13.4. The van der Waals surface area contributed by atoms with Crippen LogP contribution in [0.3, 0.4) is 0 Å². The van der Waals surface area contributed by atoms with Crippen molar-refractivity contribution in [2.75, 3.05) is 4.90 Å². The molecule has 0 unspecified atom stereocenters. The number of hydrogen-bond acceptors (Lipinski definition) is 4. The molecule has 2 bridgehead atoms. The van der Waals surface area contributed by atoms with Crippen molar-refractivity contribution in [1.82, 2.24) is 5.16 Å². The first kappa shape index (κ1) is 14.0. The molecule has 1 aliphatic heterocycles. The number of nitrogens with zero attached hydrogens (tertiary/aromatic N) is 2. The average molecular weight is 322 g/mol. The van der Waals surface area contributed by atoms with Crippen molar-refractivity contribution < 1.29 is 14.1 Å². The predicted octanol–water partition coefficient (Wildman–Crippen LogP) is 2.91. The van der Waals surface area contributed by atoms with E-state index in [0.717, 1.165) is 12.8 Å². The van der Waals surface area contributed by atoms with Gasteiger partial charge in [0.05, 0.1) is 11.8 Å². The lowest BCUT2D eigenvalue weighted by Gasteiger charge is -2.28. The molecule has 1 aromatic heterocycles. The van der Waals surface area contributed by atoms with Crippen LogP contribution in [0.2, 0.25) is 0 Å². The van der Waals surface area contributed by atoms with Crippen LogP contribution >= 0.6 is 0 Å². The second-order valence-corrected chi connectivity index (χ2v) is 7.27. The van der Waals surface area contributed by atoms with E-state index in [1.807, 2.05) is 18.2 Å². The number of imide groups is 1. The molecule has 1 aromatic carbocycles. The molecular weight excluding hydrogens is 304 g/mol. The number of fused-ring (bicyclic) bond motifs is 5. The van der Waals surface area contributed by atoms with Crippen LogP contribution in [0.15, 0.2) is 40.9 Å². The number of benzene rings is 1. The maximum absolute atomic E-state index is 13.0. The number of rotatable bonds is 2. The summed E-state index contributed by atoms with van der Waals surface area (Å²) in [6, 6.07) is 12.0. The number of carbonyl (C=O) groups excluding carboxylic acids is 2. The van der Waals surface area contributed by atoms with Crippen LogP contribution in [0, 0.1) is 30.6 Å². The first-order chi connectivity index (χ1) is 11.6. The number of aromatic nitrogens is 1. The molecule has 0 radical (unpaired) electrons. The molecule has 0 spiro atoms. The van der Waals surface area contributed by atoms with Gasteiger partial charge in [-0.1, -0.05) is 35.5 Å². The number of anilines is 1. The lowest BCUT2D eigenvalue weighted by atomic mass is 9.73. The number of hydrogen-bond donors (Lipinski definition) is 0. The summed E-state index contributed by atoms with van der Waals surface area (Å²) in [5.41, 5.74) is 1.29. The van der Waals surface area contributed by atoms with Gasteiger partial charge in [0.2, 0.25) is 11.8 Å². The van der Waals surface area contributed by atoms with Gasteiger partial charge in [-0.25, -0.2) is 4.90 Å². The third-order valence-electron chi connectivity index (χ3n) is 6.09. The predicted molar refractivity (Wildman–Crippen MR) is 86.1 cm³/mol. The Morgan fingerprint density at radius 3 is 2.54 bits per heavy atom. The Balaban J connectivity index is 1.50. The van der Waals surface area contributed by atoms with Crippen molar-refractivity contribution in [2.45, 2.75) is 25.7 Å². The van der Waals surface area contributed by atoms with Crippen LogP contribution in [-0.4, -0.2) is 17.0 Å². The largest absolute Gasteiger partial charge is 0.360 e. The van der Waals surface area contributed by atoms with Crippen LogP contribution in [0.5, 0.6) is 0 Å². The van der Waals surface area contributed by atoms with Crippen LogP contribution in [0.25, 0.3) is 0 Å². The molecule has 1 saturated heterocycles. The summed E-state index contributed by atoms with van der Waals surface area (Å²) in [7, 11) is 0. The Morgan fingerprint density at radius 2 is 1.83 bits per heavy atom. The van der Waals surface area contributed by atoms with E-state index >= 15 is 0 Å². The van der Waals surface area contributed by atoms with Crippen molar-refractivity contribution in [2.24, 2.45) is 23.7 Å². The zero-order valence-corrected chi connectivity index (χ0v) is 13.4. The summed E-state index contributed by atoms with van der Waals surface area (Å²) in [5.74, 6) is 1.35. The summed E-state index contributed by atoms with van der Waals surface area (Å²) < 4.78 is 5.06. The average Bonchev–Trinajstić information content (AvgIpc) is 3.32. The van der Waals surface area contributed by atoms with Crippen LogP contribution < -0.4 is 4.90 Å². The van der Waals surface area contributed by atoms with Gasteiger partial charge in [-0.05, 0) is 43.1 Å². The number of aryl methyl sites for hydroxylation is 1. The van der Waals surface area contributed by atoms with Gasteiger partial charge in [-0.3, -0.25) is 9.59 Å². The molecule has 2 amide bonds. The van der Waals surface area contributed by atoms with E-state index < -0.39 is 0 Å².